The van der Waals surface area contributed by atoms with Crippen molar-refractivity contribution in [3.63, 3.8) is 0 Å². The molecular weight excluding hydrogens is 386 g/mol. The molecule has 1 heterocycles. The topological polar surface area (TPSA) is 41.5 Å². The number of nitrogens with one attached hydrogen (secondary N) is 1. The van der Waals surface area contributed by atoms with Gasteiger partial charge in [0.15, 0.2) is 0 Å². The van der Waals surface area contributed by atoms with Crippen molar-refractivity contribution >= 4 is 23.5 Å². The first kappa shape index (κ1) is 23.2. The number of para-hydroxylation sites is 1. The van der Waals surface area contributed by atoms with E-state index in [0.29, 0.717) is 30.2 Å². The van der Waals surface area contributed by atoms with Gasteiger partial charge in [0.25, 0.3) is 0 Å². The SMILES string of the molecule is C=CC1=C(CCC)SCC(NCC(CSc2cccc(C)c2O)C(C)C)CO1. The Balaban J connectivity index is 1.88. The van der Waals surface area contributed by atoms with Gasteiger partial charge < -0.3 is 15.2 Å². The molecule has 0 amide bonds. The molecule has 2 N–H and O–H groups in total. The lowest BCUT2D eigenvalue weighted by molar-refractivity contribution is 0.193. The average Bonchev–Trinajstić information content (AvgIpc) is 2.87. The lowest BCUT2D eigenvalue weighted by Gasteiger charge is -2.24. The van der Waals surface area contributed by atoms with Crippen LogP contribution in [0.25, 0.3) is 0 Å². The number of allylic oxidation sites excluding steroid dienone is 2. The molecule has 1 aliphatic rings. The third-order valence-electron chi connectivity index (χ3n) is 5.10. The van der Waals surface area contributed by atoms with Gasteiger partial charge in [0.05, 0.1) is 6.04 Å². The predicted molar refractivity (Wildman–Crippen MR) is 124 cm³/mol. The summed E-state index contributed by atoms with van der Waals surface area (Å²) >= 11 is 3.66. The molecule has 5 heteroatoms. The van der Waals surface area contributed by atoms with Crippen LogP contribution in [0.4, 0.5) is 0 Å². The second-order valence-electron chi connectivity index (χ2n) is 7.71. The van der Waals surface area contributed by atoms with Gasteiger partial charge >= 0.3 is 0 Å². The highest BCUT2D eigenvalue weighted by Crippen LogP contribution is 2.33. The second-order valence-corrected chi connectivity index (χ2v) is 9.88. The lowest BCUT2D eigenvalue weighted by Crippen LogP contribution is -2.39. The predicted octanol–water partition coefficient (Wildman–Crippen LogP) is 5.98. The van der Waals surface area contributed by atoms with E-state index in [1.54, 1.807) is 11.8 Å². The van der Waals surface area contributed by atoms with Crippen LogP contribution in [0.1, 0.15) is 39.2 Å². The zero-order chi connectivity index (χ0) is 20.5. The van der Waals surface area contributed by atoms with E-state index in [9.17, 15) is 5.11 Å². The van der Waals surface area contributed by atoms with Gasteiger partial charge in [-0.1, -0.05) is 45.9 Å². The van der Waals surface area contributed by atoms with Crippen molar-refractivity contribution in [1.29, 1.82) is 0 Å². The largest absolute Gasteiger partial charge is 0.507 e. The van der Waals surface area contributed by atoms with Crippen molar-refractivity contribution in [1.82, 2.24) is 5.32 Å². The first-order valence-corrected chi connectivity index (χ1v) is 12.2. The van der Waals surface area contributed by atoms with Gasteiger partial charge in [-0.05, 0) is 49.4 Å². The minimum absolute atomic E-state index is 0.341. The van der Waals surface area contributed by atoms with Crippen LogP contribution in [-0.2, 0) is 4.74 Å². The van der Waals surface area contributed by atoms with E-state index in [-0.39, 0.29) is 0 Å². The van der Waals surface area contributed by atoms with Crippen LogP contribution in [0.3, 0.4) is 0 Å². The van der Waals surface area contributed by atoms with Crippen molar-refractivity contribution in [2.45, 2.75) is 51.5 Å². The second kappa shape index (κ2) is 11.8. The number of hydrogen-bond acceptors (Lipinski definition) is 5. The van der Waals surface area contributed by atoms with Crippen LogP contribution in [0.15, 0.2) is 46.4 Å². The van der Waals surface area contributed by atoms with Crippen LogP contribution < -0.4 is 5.32 Å². The van der Waals surface area contributed by atoms with Crippen molar-refractivity contribution in [2.75, 3.05) is 24.7 Å². The zero-order valence-electron chi connectivity index (χ0n) is 17.7. The number of thioether (sulfide) groups is 2. The van der Waals surface area contributed by atoms with Crippen molar-refractivity contribution < 1.29 is 9.84 Å². The Hall–Kier alpha value is -1.04. The highest BCUT2D eigenvalue weighted by Gasteiger charge is 2.21. The van der Waals surface area contributed by atoms with Gasteiger partial charge in [-0.2, -0.15) is 0 Å². The fourth-order valence-corrected chi connectivity index (χ4v) is 5.67. The van der Waals surface area contributed by atoms with Crippen LogP contribution in [0.2, 0.25) is 0 Å². The quantitative estimate of drug-likeness (QED) is 0.455. The van der Waals surface area contributed by atoms with E-state index in [1.807, 2.05) is 43.0 Å². The third kappa shape index (κ3) is 6.78. The Morgan fingerprint density at radius 1 is 1.43 bits per heavy atom. The minimum Gasteiger partial charge on any atom is -0.507 e. The molecule has 0 saturated heterocycles. The summed E-state index contributed by atoms with van der Waals surface area (Å²) in [4.78, 5) is 2.30. The molecule has 2 unspecified atom stereocenters. The van der Waals surface area contributed by atoms with Crippen molar-refractivity contribution in [2.24, 2.45) is 11.8 Å². The van der Waals surface area contributed by atoms with Crippen LogP contribution in [0.5, 0.6) is 5.75 Å². The fraction of sp³-hybridized carbons (Fsp3) is 0.565. The maximum atomic E-state index is 10.3. The molecule has 0 aliphatic carbocycles. The number of phenols is 1. The Bertz CT molecular complexity index is 673. The Morgan fingerprint density at radius 2 is 2.21 bits per heavy atom. The summed E-state index contributed by atoms with van der Waals surface area (Å²) in [6.07, 6.45) is 4.03. The molecule has 3 nitrogen and oxygen atoms in total. The number of phenolic OH excluding ortho intramolecular Hbond substituents is 1. The number of benzene rings is 1. The monoisotopic (exact) mass is 421 g/mol. The highest BCUT2D eigenvalue weighted by atomic mass is 32.2. The summed E-state index contributed by atoms with van der Waals surface area (Å²) < 4.78 is 6.02. The van der Waals surface area contributed by atoms with Gasteiger partial charge in [0.1, 0.15) is 18.1 Å². The maximum Gasteiger partial charge on any atom is 0.132 e. The lowest BCUT2D eigenvalue weighted by atomic mass is 9.98. The van der Waals surface area contributed by atoms with E-state index in [4.69, 9.17) is 4.74 Å². The third-order valence-corrected chi connectivity index (χ3v) is 7.66. The number of rotatable bonds is 10. The van der Waals surface area contributed by atoms with Crippen LogP contribution in [0, 0.1) is 18.8 Å². The Kier molecular flexibility index (Phi) is 9.83. The van der Waals surface area contributed by atoms with E-state index in [0.717, 1.165) is 47.1 Å². The molecule has 0 spiro atoms. The van der Waals surface area contributed by atoms with E-state index < -0.39 is 0 Å². The van der Waals surface area contributed by atoms with Gasteiger partial charge in [-0.15, -0.1) is 23.5 Å². The first-order valence-electron chi connectivity index (χ1n) is 10.2. The van der Waals surface area contributed by atoms with Gasteiger partial charge in [0.2, 0.25) is 0 Å². The van der Waals surface area contributed by atoms with Gasteiger partial charge in [-0.25, -0.2) is 0 Å². The molecule has 1 aromatic rings. The van der Waals surface area contributed by atoms with E-state index >= 15 is 0 Å². The molecule has 0 fully saturated rings. The summed E-state index contributed by atoms with van der Waals surface area (Å²) in [5.74, 6) is 4.50. The fourth-order valence-electron chi connectivity index (χ4n) is 3.05. The molecule has 1 aromatic carbocycles. The normalized spacial score (nSPS) is 18.7. The molecule has 0 aromatic heterocycles. The first-order chi connectivity index (χ1) is 13.5. The summed E-state index contributed by atoms with van der Waals surface area (Å²) in [5, 5.41) is 14.0. The van der Waals surface area contributed by atoms with Gasteiger partial charge in [0, 0.05) is 21.3 Å². The number of ether oxygens (including phenoxy) is 1. The smallest absolute Gasteiger partial charge is 0.132 e. The zero-order valence-corrected chi connectivity index (χ0v) is 19.3. The Morgan fingerprint density at radius 3 is 2.89 bits per heavy atom. The summed E-state index contributed by atoms with van der Waals surface area (Å²) in [6.45, 7) is 14.3. The maximum absolute atomic E-state index is 10.3. The molecule has 28 heavy (non-hydrogen) atoms. The van der Waals surface area contributed by atoms with Crippen LogP contribution in [-0.4, -0.2) is 35.8 Å². The molecule has 2 rings (SSSR count). The van der Waals surface area contributed by atoms with E-state index in [2.05, 4.69) is 32.7 Å². The molecular formula is C23H35NO2S2. The van der Waals surface area contributed by atoms with Crippen molar-refractivity contribution in [3.05, 3.63) is 47.1 Å². The molecule has 0 radical (unpaired) electrons. The standard InChI is InChI=1S/C23H35NO2S2/c1-6-9-21-20(7-2)26-13-19(15-28-21)24-12-18(16(3)4)14-27-22-11-8-10-17(5)23(22)25/h7-8,10-11,16,18-19,24-25H,2,6,9,12-15H2,1,3-5H3. The molecule has 0 bridgehead atoms. The summed E-state index contributed by atoms with van der Waals surface area (Å²) in [5.41, 5.74) is 0.935. The highest BCUT2D eigenvalue weighted by molar-refractivity contribution is 8.03. The minimum atomic E-state index is 0.341. The molecule has 156 valence electrons. The summed E-state index contributed by atoms with van der Waals surface area (Å²) in [7, 11) is 0. The Labute approximate surface area is 179 Å². The molecule has 0 saturated carbocycles. The number of aromatic hydroxyl groups is 1. The van der Waals surface area contributed by atoms with Crippen LogP contribution >= 0.6 is 23.5 Å². The van der Waals surface area contributed by atoms with Gasteiger partial charge in [-0.3, -0.25) is 0 Å². The number of aryl methyl sites for hydroxylation is 1. The number of hydrogen-bond donors (Lipinski definition) is 2. The molecule has 2 atom stereocenters. The average molecular weight is 422 g/mol. The van der Waals surface area contributed by atoms with E-state index in [1.165, 1.54) is 4.91 Å². The van der Waals surface area contributed by atoms with Crippen molar-refractivity contribution in [3.8, 4) is 5.75 Å². The summed E-state index contributed by atoms with van der Waals surface area (Å²) in [6, 6.07) is 6.31. The molecule has 1 aliphatic heterocycles.